The van der Waals surface area contributed by atoms with E-state index in [0.29, 0.717) is 12.1 Å². The molecule has 10 nitrogen and oxygen atoms in total. The highest BCUT2D eigenvalue weighted by molar-refractivity contribution is 6.28. The van der Waals surface area contributed by atoms with E-state index in [-0.39, 0.29) is 36.2 Å². The van der Waals surface area contributed by atoms with Gasteiger partial charge in [-0.2, -0.15) is 18.2 Å². The first kappa shape index (κ1) is 26.1. The van der Waals surface area contributed by atoms with Crippen LogP contribution in [0, 0.1) is 0 Å². The summed E-state index contributed by atoms with van der Waals surface area (Å²) >= 11 is 5.94. The molecule has 0 aliphatic rings. The number of hydrogen-bond acceptors (Lipinski definition) is 7. The highest BCUT2D eigenvalue weighted by atomic mass is 35.5. The molecule has 0 saturated carbocycles. The van der Waals surface area contributed by atoms with Crippen LogP contribution in [0.25, 0.3) is 11.4 Å². The fraction of sp³-hybridized carbons (Fsp3) is 0.304. The van der Waals surface area contributed by atoms with Crippen molar-refractivity contribution in [2.75, 3.05) is 11.4 Å². The van der Waals surface area contributed by atoms with Gasteiger partial charge < -0.3 is 9.47 Å². The first-order valence-electron chi connectivity index (χ1n) is 11.2. The van der Waals surface area contributed by atoms with Crippen molar-refractivity contribution < 1.29 is 13.2 Å². The molecule has 4 aromatic rings. The molecule has 4 rings (SSSR count). The zero-order valence-electron chi connectivity index (χ0n) is 19.8. The maximum absolute atomic E-state index is 13.3. The molecule has 0 unspecified atom stereocenters. The second kappa shape index (κ2) is 10.5. The van der Waals surface area contributed by atoms with Crippen LogP contribution in [0.1, 0.15) is 31.1 Å². The summed E-state index contributed by atoms with van der Waals surface area (Å²) in [6.45, 7) is 4.35. The highest BCUT2D eigenvalue weighted by Crippen LogP contribution is 2.32. The lowest BCUT2D eigenvalue weighted by atomic mass is 10.1. The van der Waals surface area contributed by atoms with Gasteiger partial charge in [0.05, 0.1) is 0 Å². The molecule has 37 heavy (non-hydrogen) atoms. The van der Waals surface area contributed by atoms with E-state index in [1.807, 2.05) is 0 Å². The molecule has 0 bridgehead atoms. The average Bonchev–Trinajstić information content (AvgIpc) is 3.30. The number of nitrogens with one attached hydrogen (secondary N) is 1. The Hall–Kier alpha value is -4.00. The average molecular weight is 535 g/mol. The van der Waals surface area contributed by atoms with E-state index >= 15 is 0 Å². The summed E-state index contributed by atoms with van der Waals surface area (Å²) in [4.78, 5) is 43.3. The van der Waals surface area contributed by atoms with Crippen molar-refractivity contribution in [1.29, 1.82) is 0 Å². The van der Waals surface area contributed by atoms with Crippen molar-refractivity contribution in [3.8, 4) is 11.4 Å². The van der Waals surface area contributed by atoms with Gasteiger partial charge in [0.2, 0.25) is 11.2 Å². The van der Waals surface area contributed by atoms with Crippen LogP contribution in [0.4, 0.5) is 19.1 Å². The molecule has 0 amide bonds. The Morgan fingerprint density at radius 1 is 1.08 bits per heavy atom. The number of imidazole rings is 1. The summed E-state index contributed by atoms with van der Waals surface area (Å²) in [5.41, 5.74) is -0.668. The van der Waals surface area contributed by atoms with Crippen molar-refractivity contribution in [2.24, 2.45) is 0 Å². The van der Waals surface area contributed by atoms with Crippen LogP contribution in [0.15, 0.2) is 58.6 Å². The lowest BCUT2D eigenvalue weighted by molar-refractivity contribution is -0.140. The van der Waals surface area contributed by atoms with Crippen LogP contribution in [0.3, 0.4) is 0 Å². The number of aromatic nitrogens is 7. The molecule has 0 aliphatic carbocycles. The zero-order chi connectivity index (χ0) is 26.7. The van der Waals surface area contributed by atoms with E-state index < -0.39 is 23.1 Å². The first-order chi connectivity index (χ1) is 17.5. The van der Waals surface area contributed by atoms with E-state index in [1.54, 1.807) is 43.0 Å². The predicted octanol–water partition coefficient (Wildman–Crippen LogP) is 3.55. The standard InChI is InChI=1S/C23H22ClF3N8O2/c1-14(2)35-12-17(23(25,26)27)30-19(35)16-5-3-15(4-6-16)11-34(21-29-13-28-20(24)32-21)10-9-33-8-7-18(36)31-22(33)37/h3-8,12-14H,9-11H2,1-2H3,(H,31,36,37). The Bertz CT molecular complexity index is 1500. The van der Waals surface area contributed by atoms with Crippen LogP contribution in [-0.4, -0.2) is 40.6 Å². The lowest BCUT2D eigenvalue weighted by Crippen LogP contribution is -2.34. The van der Waals surface area contributed by atoms with E-state index in [2.05, 4.69) is 24.9 Å². The van der Waals surface area contributed by atoms with Gasteiger partial charge in [0.25, 0.3) is 5.56 Å². The topological polar surface area (TPSA) is 115 Å². The lowest BCUT2D eigenvalue weighted by Gasteiger charge is -2.23. The van der Waals surface area contributed by atoms with Gasteiger partial charge >= 0.3 is 11.9 Å². The third-order valence-corrected chi connectivity index (χ3v) is 5.67. The van der Waals surface area contributed by atoms with E-state index in [1.165, 1.54) is 27.7 Å². The molecule has 0 atom stereocenters. The number of benzene rings is 1. The minimum absolute atomic E-state index is 0.00690. The maximum atomic E-state index is 13.3. The fourth-order valence-electron chi connectivity index (χ4n) is 3.64. The molecule has 1 aromatic carbocycles. The van der Waals surface area contributed by atoms with Crippen molar-refractivity contribution >= 4 is 17.5 Å². The second-order valence-corrected chi connectivity index (χ2v) is 8.76. The number of alkyl halides is 3. The third kappa shape index (κ3) is 6.23. The van der Waals surface area contributed by atoms with Gasteiger partial charge in [0, 0.05) is 49.7 Å². The molecule has 0 aliphatic heterocycles. The van der Waals surface area contributed by atoms with Crippen molar-refractivity contribution in [1.82, 2.24) is 34.1 Å². The smallest absolute Gasteiger partial charge is 0.335 e. The number of hydrogen-bond donors (Lipinski definition) is 1. The van der Waals surface area contributed by atoms with Crippen molar-refractivity contribution in [3.63, 3.8) is 0 Å². The molecule has 14 heteroatoms. The van der Waals surface area contributed by atoms with Crippen LogP contribution in [0.2, 0.25) is 5.28 Å². The molecule has 0 radical (unpaired) electrons. The molecule has 0 fully saturated rings. The van der Waals surface area contributed by atoms with Gasteiger partial charge in [-0.25, -0.2) is 19.7 Å². The molecule has 0 saturated heterocycles. The summed E-state index contributed by atoms with van der Waals surface area (Å²) < 4.78 is 42.6. The van der Waals surface area contributed by atoms with Crippen LogP contribution >= 0.6 is 11.6 Å². The van der Waals surface area contributed by atoms with Gasteiger partial charge in [-0.05, 0) is 31.0 Å². The van der Waals surface area contributed by atoms with Gasteiger partial charge in [-0.1, -0.05) is 24.3 Å². The Kier molecular flexibility index (Phi) is 7.43. The van der Waals surface area contributed by atoms with Crippen LogP contribution in [-0.2, 0) is 19.3 Å². The Labute approximate surface area is 213 Å². The summed E-state index contributed by atoms with van der Waals surface area (Å²) in [6.07, 6.45) is -0.884. The summed E-state index contributed by atoms with van der Waals surface area (Å²) in [7, 11) is 0. The van der Waals surface area contributed by atoms with Crippen LogP contribution in [0.5, 0.6) is 0 Å². The third-order valence-electron chi connectivity index (χ3n) is 5.48. The Morgan fingerprint density at radius 3 is 2.43 bits per heavy atom. The quantitative estimate of drug-likeness (QED) is 0.367. The molecular formula is C23H22ClF3N8O2. The summed E-state index contributed by atoms with van der Waals surface area (Å²) in [5, 5.41) is -0.00690. The van der Waals surface area contributed by atoms with Crippen molar-refractivity contribution in [3.05, 3.63) is 86.4 Å². The molecule has 194 valence electrons. The van der Waals surface area contributed by atoms with Gasteiger partial charge in [0.1, 0.15) is 12.2 Å². The molecule has 1 N–H and O–H groups in total. The number of nitrogens with zero attached hydrogens (tertiary/aromatic N) is 7. The molecular weight excluding hydrogens is 513 g/mol. The van der Waals surface area contributed by atoms with E-state index in [9.17, 15) is 22.8 Å². The Morgan fingerprint density at radius 2 is 1.81 bits per heavy atom. The van der Waals surface area contributed by atoms with Gasteiger partial charge in [-0.15, -0.1) is 0 Å². The molecule has 3 heterocycles. The largest absolute Gasteiger partial charge is 0.434 e. The second-order valence-electron chi connectivity index (χ2n) is 8.43. The first-order valence-corrected chi connectivity index (χ1v) is 11.5. The van der Waals surface area contributed by atoms with Gasteiger partial charge in [-0.3, -0.25) is 14.3 Å². The zero-order valence-corrected chi connectivity index (χ0v) is 20.5. The normalized spacial score (nSPS) is 11.8. The van der Waals surface area contributed by atoms with Gasteiger partial charge in [0.15, 0.2) is 5.69 Å². The summed E-state index contributed by atoms with van der Waals surface area (Å²) in [6, 6.07) is 7.95. The number of H-pyrrole nitrogens is 1. The highest BCUT2D eigenvalue weighted by Gasteiger charge is 2.35. The number of halogens is 4. The van der Waals surface area contributed by atoms with Crippen molar-refractivity contribution in [2.45, 2.75) is 39.2 Å². The predicted molar refractivity (Wildman–Crippen MR) is 130 cm³/mol. The molecule has 3 aromatic heterocycles. The summed E-state index contributed by atoms with van der Waals surface area (Å²) in [5.74, 6) is 0.485. The number of rotatable bonds is 8. The number of aromatic amines is 1. The minimum atomic E-state index is -4.55. The fourth-order valence-corrected chi connectivity index (χ4v) is 3.76. The number of anilines is 1. The van der Waals surface area contributed by atoms with E-state index in [4.69, 9.17) is 11.6 Å². The SMILES string of the molecule is CC(C)n1cc(C(F)(F)F)nc1-c1ccc(CN(CCn2ccc(=O)[nH]c2=O)c2ncnc(Cl)n2)cc1. The maximum Gasteiger partial charge on any atom is 0.434 e. The van der Waals surface area contributed by atoms with E-state index in [0.717, 1.165) is 11.8 Å². The molecule has 0 spiro atoms. The van der Waals surface area contributed by atoms with Crippen LogP contribution < -0.4 is 16.1 Å². The monoisotopic (exact) mass is 534 g/mol. The minimum Gasteiger partial charge on any atom is -0.335 e. The Balaban J connectivity index is 1.59.